The molecule has 9 heavy (non-hydrogen) atoms. The van der Waals surface area contributed by atoms with E-state index in [0.29, 0.717) is 5.41 Å². The summed E-state index contributed by atoms with van der Waals surface area (Å²) in [6.45, 7) is 8.90. The third-order valence-corrected chi connectivity index (χ3v) is 1.51. The molecule has 0 rings (SSSR count). The van der Waals surface area contributed by atoms with Gasteiger partial charge < -0.3 is 0 Å². The molecule has 0 unspecified atom stereocenters. The van der Waals surface area contributed by atoms with Crippen molar-refractivity contribution >= 4 is 7.85 Å². The van der Waals surface area contributed by atoms with Gasteiger partial charge in [-0.25, -0.2) is 0 Å². The van der Waals surface area contributed by atoms with Gasteiger partial charge in [0.15, 0.2) is 0 Å². The summed E-state index contributed by atoms with van der Waals surface area (Å²) in [4.78, 5) is 0. The van der Waals surface area contributed by atoms with Gasteiger partial charge in [0.25, 0.3) is 0 Å². The highest BCUT2D eigenvalue weighted by molar-refractivity contribution is 6.08. The summed E-state index contributed by atoms with van der Waals surface area (Å²) in [5.74, 6) is 0.767. The molecule has 0 aromatic heterocycles. The van der Waals surface area contributed by atoms with Gasteiger partial charge in [-0.15, -0.1) is 0 Å². The second kappa shape index (κ2) is 3.29. The Kier molecular flexibility index (Phi) is 3.31. The largest absolute Gasteiger partial charge is 0.0837 e. The maximum atomic E-state index is 5.55. The van der Waals surface area contributed by atoms with E-state index < -0.39 is 0 Å². The van der Waals surface area contributed by atoms with Crippen LogP contribution in [-0.2, 0) is 0 Å². The summed E-state index contributed by atoms with van der Waals surface area (Å²) in [5.41, 5.74) is 0.341. The molecule has 52 valence electrons. The van der Waals surface area contributed by atoms with E-state index in [4.69, 9.17) is 7.85 Å². The van der Waals surface area contributed by atoms with Crippen LogP contribution in [0.25, 0.3) is 0 Å². The summed E-state index contributed by atoms with van der Waals surface area (Å²) in [6.07, 6.45) is 2.02. The van der Waals surface area contributed by atoms with Crippen molar-refractivity contribution in [3.05, 3.63) is 0 Å². The molecule has 1 heteroatoms. The van der Waals surface area contributed by atoms with Crippen molar-refractivity contribution in [2.75, 3.05) is 0 Å². The van der Waals surface area contributed by atoms with E-state index in [0.717, 1.165) is 12.2 Å². The van der Waals surface area contributed by atoms with Gasteiger partial charge in [-0.3, -0.25) is 0 Å². The Bertz CT molecular complexity index is 74.6. The minimum atomic E-state index is 0.341. The van der Waals surface area contributed by atoms with E-state index in [9.17, 15) is 0 Å². The Balaban J connectivity index is 3.58. The molecule has 0 heterocycles. The number of hydrogen-bond donors (Lipinski definition) is 0. The average molecular weight is 124 g/mol. The predicted octanol–water partition coefficient (Wildman–Crippen LogP) is 2.65. The molecular weight excluding hydrogens is 107 g/mol. The fraction of sp³-hybridized carbons (Fsp3) is 1.00. The molecule has 0 nitrogen and oxygen atoms in total. The fourth-order valence-corrected chi connectivity index (χ4v) is 1.19. The highest BCUT2D eigenvalue weighted by Gasteiger charge is 2.15. The van der Waals surface area contributed by atoms with Crippen LogP contribution in [0.1, 0.15) is 34.1 Å². The van der Waals surface area contributed by atoms with Crippen LogP contribution < -0.4 is 0 Å². The van der Waals surface area contributed by atoms with Gasteiger partial charge in [0.1, 0.15) is 0 Å². The first-order valence-corrected chi connectivity index (χ1v) is 3.68. The van der Waals surface area contributed by atoms with Crippen molar-refractivity contribution in [2.24, 2.45) is 11.3 Å². The lowest BCUT2D eigenvalue weighted by molar-refractivity contribution is 0.321. The predicted molar refractivity (Wildman–Crippen MR) is 43.8 cm³/mol. The van der Waals surface area contributed by atoms with Gasteiger partial charge in [-0.2, -0.15) is 0 Å². The van der Waals surface area contributed by atoms with E-state index in [-0.39, 0.29) is 0 Å². The molecule has 0 aromatic carbocycles. The third kappa shape index (κ3) is 4.56. The molecule has 2 radical (unpaired) electrons. The molecule has 0 N–H and O–H groups in total. The van der Waals surface area contributed by atoms with Crippen LogP contribution in [0, 0.1) is 11.3 Å². The second-order valence-electron chi connectivity index (χ2n) is 3.97. The Hall–Kier alpha value is 0.0649. The molecule has 0 aliphatic heterocycles. The Morgan fingerprint density at radius 2 is 1.78 bits per heavy atom. The maximum Gasteiger partial charge on any atom is 0.0660 e. The van der Waals surface area contributed by atoms with Gasteiger partial charge in [0, 0.05) is 0 Å². The molecule has 0 aliphatic rings. The topological polar surface area (TPSA) is 0 Å². The quantitative estimate of drug-likeness (QED) is 0.507. The molecule has 0 aliphatic carbocycles. The molecule has 0 saturated carbocycles. The first kappa shape index (κ1) is 9.06. The summed E-state index contributed by atoms with van der Waals surface area (Å²) >= 11 is 0. The molecular formula is C8H17B. The summed E-state index contributed by atoms with van der Waals surface area (Å²) in [6, 6.07) is 0. The van der Waals surface area contributed by atoms with Gasteiger partial charge in [0.2, 0.25) is 0 Å². The first-order valence-electron chi connectivity index (χ1n) is 3.68. The molecule has 0 aromatic rings. The Labute approximate surface area is 60.4 Å². The van der Waals surface area contributed by atoms with Crippen LogP contribution in [0.5, 0.6) is 0 Å². The third-order valence-electron chi connectivity index (χ3n) is 1.51. The van der Waals surface area contributed by atoms with Crippen molar-refractivity contribution in [3.8, 4) is 0 Å². The van der Waals surface area contributed by atoms with Gasteiger partial charge in [0.05, 0.1) is 7.85 Å². The van der Waals surface area contributed by atoms with Crippen LogP contribution >= 0.6 is 0 Å². The number of hydrogen-bond acceptors (Lipinski definition) is 0. The zero-order chi connectivity index (χ0) is 7.49. The summed E-state index contributed by atoms with van der Waals surface area (Å²) < 4.78 is 0. The standard InChI is InChI=1S/C8H17B/c1-7(2)5-8(3,4)6-9/h7H,5-6H2,1-4H3. The monoisotopic (exact) mass is 124 g/mol. The fourth-order valence-electron chi connectivity index (χ4n) is 1.19. The van der Waals surface area contributed by atoms with Crippen LogP contribution in [-0.4, -0.2) is 7.85 Å². The molecule has 0 atom stereocenters. The van der Waals surface area contributed by atoms with Gasteiger partial charge >= 0.3 is 0 Å². The Morgan fingerprint density at radius 3 is 1.89 bits per heavy atom. The first-order chi connectivity index (χ1) is 3.98. The molecule has 0 fully saturated rings. The molecule has 0 spiro atoms. The SMILES string of the molecule is [B]CC(C)(C)CC(C)C. The number of rotatable bonds is 3. The highest BCUT2D eigenvalue weighted by atomic mass is 14.2. The van der Waals surface area contributed by atoms with E-state index in [1.165, 1.54) is 6.42 Å². The smallest absolute Gasteiger partial charge is 0.0660 e. The molecule has 0 amide bonds. The van der Waals surface area contributed by atoms with E-state index >= 15 is 0 Å². The van der Waals surface area contributed by atoms with Crippen LogP contribution in [0.15, 0.2) is 0 Å². The van der Waals surface area contributed by atoms with E-state index in [2.05, 4.69) is 27.7 Å². The van der Waals surface area contributed by atoms with Crippen molar-refractivity contribution in [3.63, 3.8) is 0 Å². The van der Waals surface area contributed by atoms with Crippen molar-refractivity contribution in [1.29, 1.82) is 0 Å². The minimum absolute atomic E-state index is 0.341. The van der Waals surface area contributed by atoms with E-state index in [1.807, 2.05) is 0 Å². The second-order valence-corrected chi connectivity index (χ2v) is 3.97. The van der Waals surface area contributed by atoms with Gasteiger partial charge in [-0.05, 0) is 17.8 Å². The van der Waals surface area contributed by atoms with Crippen molar-refractivity contribution in [2.45, 2.75) is 40.4 Å². The molecule has 0 saturated heterocycles. The normalized spacial score (nSPS) is 12.6. The van der Waals surface area contributed by atoms with Gasteiger partial charge in [-0.1, -0.05) is 34.0 Å². The summed E-state index contributed by atoms with van der Waals surface area (Å²) in [5, 5.41) is 0. The van der Waals surface area contributed by atoms with Crippen LogP contribution in [0.2, 0.25) is 6.32 Å². The van der Waals surface area contributed by atoms with Crippen molar-refractivity contribution < 1.29 is 0 Å². The van der Waals surface area contributed by atoms with Crippen molar-refractivity contribution in [1.82, 2.24) is 0 Å². The zero-order valence-electron chi connectivity index (χ0n) is 7.07. The lowest BCUT2D eigenvalue weighted by Crippen LogP contribution is -2.13. The lowest BCUT2D eigenvalue weighted by Gasteiger charge is -2.24. The average Bonchev–Trinajstić information content (AvgIpc) is 1.63. The maximum absolute atomic E-state index is 5.55. The summed E-state index contributed by atoms with van der Waals surface area (Å²) in [7, 11) is 5.55. The highest BCUT2D eigenvalue weighted by Crippen LogP contribution is 2.27. The van der Waals surface area contributed by atoms with Crippen LogP contribution in [0.3, 0.4) is 0 Å². The molecule has 0 bridgehead atoms. The minimum Gasteiger partial charge on any atom is -0.0837 e. The van der Waals surface area contributed by atoms with Crippen LogP contribution in [0.4, 0.5) is 0 Å². The van der Waals surface area contributed by atoms with E-state index in [1.54, 1.807) is 0 Å². The zero-order valence-corrected chi connectivity index (χ0v) is 7.07. The lowest BCUT2D eigenvalue weighted by atomic mass is 9.74. The Morgan fingerprint density at radius 1 is 1.33 bits per heavy atom.